The molecule has 3 heterocycles. The summed E-state index contributed by atoms with van der Waals surface area (Å²) in [5, 5.41) is 29.5. The van der Waals surface area contributed by atoms with Gasteiger partial charge in [0, 0.05) is 18.8 Å². The van der Waals surface area contributed by atoms with Crippen LogP contribution < -0.4 is 20.7 Å². The van der Waals surface area contributed by atoms with Crippen molar-refractivity contribution in [3.05, 3.63) is 36.9 Å². The highest BCUT2D eigenvalue weighted by Crippen LogP contribution is 2.33. The molecule has 6 N–H and O–H groups in total. The van der Waals surface area contributed by atoms with E-state index in [0.717, 1.165) is 30.2 Å². The summed E-state index contributed by atoms with van der Waals surface area (Å²) in [5.41, 5.74) is -1.68. The Morgan fingerprint density at radius 2 is 1.98 bits per heavy atom. The van der Waals surface area contributed by atoms with Gasteiger partial charge in [0.25, 0.3) is 5.91 Å². The second-order valence-electron chi connectivity index (χ2n) is 9.17. The number of aliphatic hydroxyl groups excluding tert-OH is 1. The molecule has 0 aliphatic carbocycles. The van der Waals surface area contributed by atoms with Crippen molar-refractivity contribution in [3.8, 4) is 0 Å². The Morgan fingerprint density at radius 3 is 2.73 bits per heavy atom. The number of ether oxygens (including phenoxy) is 1. The van der Waals surface area contributed by atoms with Gasteiger partial charge < -0.3 is 25.6 Å². The number of urea groups is 1. The minimum atomic E-state index is -3.75. The number of unbranched alkanes of at least 4 members (excludes halogenated alkanes) is 2. The van der Waals surface area contributed by atoms with E-state index in [1.165, 1.54) is 30.6 Å². The number of carbonyl (C=O) groups is 2. The van der Waals surface area contributed by atoms with E-state index in [0.29, 0.717) is 13.1 Å². The molecule has 2 aromatic heterocycles. The number of aliphatic hydroxyl groups is 2. The van der Waals surface area contributed by atoms with Crippen molar-refractivity contribution in [2.45, 2.75) is 55.9 Å². The highest BCUT2D eigenvalue weighted by molar-refractivity contribution is 7.89. The molecule has 1 aromatic carbocycles. The number of fused-ring (bicyclic) bond motifs is 1. The van der Waals surface area contributed by atoms with Crippen molar-refractivity contribution in [3.63, 3.8) is 0 Å². The van der Waals surface area contributed by atoms with Crippen LogP contribution in [0.15, 0.2) is 41.8 Å². The van der Waals surface area contributed by atoms with Crippen LogP contribution in [0.25, 0.3) is 11.2 Å². The normalized spacial score (nSPS) is 20.9. The molecular formula is C24H32N8O7S. The summed E-state index contributed by atoms with van der Waals surface area (Å²) in [5.74, 6) is -0.590. The van der Waals surface area contributed by atoms with Gasteiger partial charge in [-0.1, -0.05) is 25.8 Å². The third-order valence-corrected chi connectivity index (χ3v) is 7.76. The van der Waals surface area contributed by atoms with Crippen LogP contribution in [0.2, 0.25) is 0 Å². The van der Waals surface area contributed by atoms with Gasteiger partial charge in [-0.2, -0.15) is 0 Å². The van der Waals surface area contributed by atoms with Crippen molar-refractivity contribution >= 4 is 44.6 Å². The van der Waals surface area contributed by atoms with E-state index in [2.05, 4.69) is 35.6 Å². The molecule has 2 unspecified atom stereocenters. The lowest BCUT2D eigenvalue weighted by atomic mass is 10.0. The molecule has 3 aromatic rings. The maximum atomic E-state index is 12.8. The number of anilines is 2. The van der Waals surface area contributed by atoms with Crippen LogP contribution in [0.3, 0.4) is 0 Å². The quantitative estimate of drug-likeness (QED) is 0.174. The Balaban J connectivity index is 1.49. The van der Waals surface area contributed by atoms with Gasteiger partial charge in [0.15, 0.2) is 28.8 Å². The largest absolute Gasteiger partial charge is 0.385 e. The Bertz CT molecular complexity index is 1480. The Hall–Kier alpha value is -3.70. The van der Waals surface area contributed by atoms with E-state index in [4.69, 9.17) is 4.74 Å². The van der Waals surface area contributed by atoms with Gasteiger partial charge in [0.2, 0.25) is 10.0 Å². The van der Waals surface area contributed by atoms with E-state index < -0.39 is 46.5 Å². The highest BCUT2D eigenvalue weighted by Gasteiger charge is 2.53. The van der Waals surface area contributed by atoms with Gasteiger partial charge in [-0.15, -0.1) is 0 Å². The molecule has 0 radical (unpaired) electrons. The van der Waals surface area contributed by atoms with Gasteiger partial charge in [0.05, 0.1) is 17.8 Å². The van der Waals surface area contributed by atoms with Gasteiger partial charge in [0.1, 0.15) is 12.4 Å². The van der Waals surface area contributed by atoms with Crippen LogP contribution in [0.5, 0.6) is 0 Å². The maximum Gasteiger partial charge on any atom is 0.324 e. The van der Waals surface area contributed by atoms with Crippen LogP contribution >= 0.6 is 0 Å². The molecule has 15 nitrogen and oxygen atoms in total. The summed E-state index contributed by atoms with van der Waals surface area (Å²) in [4.78, 5) is 37.3. The Labute approximate surface area is 230 Å². The second-order valence-corrected chi connectivity index (χ2v) is 10.9. The molecule has 0 spiro atoms. The van der Waals surface area contributed by atoms with E-state index in [9.17, 15) is 28.2 Å². The SMILES string of the molecule is CCCCCNS(=O)(=O)c1cccc(NC(=O)Nc2ncnc3c2ncn3C2(O)CO[C@H](C(=O)NCC)C2O)c1. The minimum absolute atomic E-state index is 0.00137. The number of sulfonamides is 1. The number of aromatic nitrogens is 4. The first-order valence-corrected chi connectivity index (χ1v) is 14.2. The third kappa shape index (κ3) is 6.05. The number of likely N-dealkylation sites (N-methyl/N-ethyl adjacent to an activating group) is 1. The lowest BCUT2D eigenvalue weighted by Gasteiger charge is -2.27. The molecule has 3 amide bonds. The predicted octanol–water partition coefficient (Wildman–Crippen LogP) is 0.480. The topological polar surface area (TPSA) is 210 Å². The minimum Gasteiger partial charge on any atom is -0.385 e. The molecule has 40 heavy (non-hydrogen) atoms. The van der Waals surface area contributed by atoms with Crippen LogP contribution in [0.4, 0.5) is 16.3 Å². The number of imidazole rings is 1. The van der Waals surface area contributed by atoms with Gasteiger partial charge in [-0.25, -0.2) is 32.9 Å². The van der Waals surface area contributed by atoms with Crippen LogP contribution in [-0.2, 0) is 25.3 Å². The fourth-order valence-corrected chi connectivity index (χ4v) is 5.34. The molecule has 0 saturated carbocycles. The summed E-state index contributed by atoms with van der Waals surface area (Å²) >= 11 is 0. The first kappa shape index (κ1) is 29.3. The summed E-state index contributed by atoms with van der Waals surface area (Å²) in [6.07, 6.45) is 1.97. The fourth-order valence-electron chi connectivity index (χ4n) is 4.22. The summed E-state index contributed by atoms with van der Waals surface area (Å²) in [6.45, 7) is 3.95. The summed E-state index contributed by atoms with van der Waals surface area (Å²) in [6, 6.07) is 5.05. The number of carbonyl (C=O) groups excluding carboxylic acids is 2. The van der Waals surface area contributed by atoms with Crippen molar-refractivity contribution < 1.29 is 33.0 Å². The molecule has 1 saturated heterocycles. The number of amides is 3. The molecule has 1 aliphatic rings. The van der Waals surface area contributed by atoms with Crippen LogP contribution in [-0.4, -0.2) is 82.0 Å². The van der Waals surface area contributed by atoms with E-state index in [1.54, 1.807) is 6.92 Å². The molecule has 16 heteroatoms. The number of nitrogens with one attached hydrogen (secondary N) is 4. The van der Waals surface area contributed by atoms with Crippen LogP contribution in [0.1, 0.15) is 33.1 Å². The molecule has 1 fully saturated rings. The average Bonchev–Trinajstić information content (AvgIpc) is 3.49. The smallest absolute Gasteiger partial charge is 0.324 e. The zero-order valence-corrected chi connectivity index (χ0v) is 22.8. The van der Waals surface area contributed by atoms with Crippen molar-refractivity contribution in [2.75, 3.05) is 30.3 Å². The first-order valence-electron chi connectivity index (χ1n) is 12.8. The second kappa shape index (κ2) is 12.2. The molecular weight excluding hydrogens is 544 g/mol. The number of hydrogen-bond donors (Lipinski definition) is 6. The van der Waals surface area contributed by atoms with Gasteiger partial charge in [-0.3, -0.25) is 14.7 Å². The van der Waals surface area contributed by atoms with E-state index >= 15 is 0 Å². The predicted molar refractivity (Wildman–Crippen MR) is 144 cm³/mol. The zero-order chi connectivity index (χ0) is 28.9. The number of nitrogens with zero attached hydrogens (tertiary/aromatic N) is 4. The van der Waals surface area contributed by atoms with Gasteiger partial charge in [-0.05, 0) is 31.5 Å². The van der Waals surface area contributed by atoms with E-state index in [1.807, 2.05) is 6.92 Å². The standard InChI is InChI=1S/C24H32N8O7S/c1-3-5-6-10-29-40(37,38)16-9-7-8-15(11-16)30-23(35)31-20-17-21(27-13-26-20)32(14-28-17)24(36)12-39-18(19(24)33)22(34)25-4-2/h7-9,11,13-14,18-19,29,33,36H,3-6,10,12H2,1-2H3,(H,25,34)(H2,26,27,30,31,35)/t18-,19?,24?/m0/s1. The fraction of sp³-hybridized carbons (Fsp3) is 0.458. The summed E-state index contributed by atoms with van der Waals surface area (Å²) in [7, 11) is -3.75. The molecule has 0 bridgehead atoms. The summed E-state index contributed by atoms with van der Waals surface area (Å²) < 4.78 is 34.2. The number of rotatable bonds is 11. The molecule has 4 rings (SSSR count). The van der Waals surface area contributed by atoms with Gasteiger partial charge >= 0.3 is 6.03 Å². The van der Waals surface area contributed by atoms with Crippen LogP contribution in [0, 0.1) is 0 Å². The molecule has 1 aliphatic heterocycles. The van der Waals surface area contributed by atoms with Crippen molar-refractivity contribution in [2.24, 2.45) is 0 Å². The number of hydrogen-bond acceptors (Lipinski definition) is 10. The Morgan fingerprint density at radius 1 is 1.18 bits per heavy atom. The Kier molecular flexibility index (Phi) is 8.95. The monoisotopic (exact) mass is 576 g/mol. The highest BCUT2D eigenvalue weighted by atomic mass is 32.2. The zero-order valence-electron chi connectivity index (χ0n) is 22.0. The number of benzene rings is 1. The lowest BCUT2D eigenvalue weighted by molar-refractivity contribution is -0.137. The molecule has 3 atom stereocenters. The molecule has 216 valence electrons. The van der Waals surface area contributed by atoms with Crippen molar-refractivity contribution in [1.82, 2.24) is 29.6 Å². The first-order chi connectivity index (χ1) is 19.1. The van der Waals surface area contributed by atoms with Crippen molar-refractivity contribution in [1.29, 1.82) is 0 Å². The third-order valence-electron chi connectivity index (χ3n) is 6.30. The maximum absolute atomic E-state index is 12.8. The average molecular weight is 577 g/mol. The van der Waals surface area contributed by atoms with E-state index in [-0.39, 0.29) is 27.6 Å². The lowest BCUT2D eigenvalue weighted by Crippen LogP contribution is -2.50.